The first-order valence-electron chi connectivity index (χ1n) is 4.91. The van der Waals surface area contributed by atoms with E-state index >= 15 is 0 Å². The first kappa shape index (κ1) is 17.5. The fourth-order valence-corrected chi connectivity index (χ4v) is 1.50. The monoisotopic (exact) mass is 306 g/mol. The Balaban J connectivity index is 0.000000399. The maximum absolute atomic E-state index is 10.3. The number of hydrogen-bond acceptors (Lipinski definition) is 4. The molecular weight excluding hydrogens is 292 g/mol. The van der Waals surface area contributed by atoms with Crippen LogP contribution in [0.15, 0.2) is 48.4 Å². The van der Waals surface area contributed by atoms with Crippen LogP contribution in [0.1, 0.15) is 5.56 Å². The lowest BCUT2D eigenvalue weighted by Crippen LogP contribution is -1.99. The van der Waals surface area contributed by atoms with Crippen molar-refractivity contribution < 1.29 is 25.9 Å². The van der Waals surface area contributed by atoms with E-state index in [1.54, 1.807) is 24.3 Å². The molecule has 0 spiro atoms. The second-order valence-electron chi connectivity index (χ2n) is 3.27. The van der Waals surface area contributed by atoms with Crippen LogP contribution in [0.3, 0.4) is 0 Å². The van der Waals surface area contributed by atoms with Gasteiger partial charge < -0.3 is 0 Å². The summed E-state index contributed by atoms with van der Waals surface area (Å²) >= 11 is 0. The van der Waals surface area contributed by atoms with Gasteiger partial charge in [0.05, 0.1) is 11.2 Å². The molecule has 1 rings (SSSR count). The SMILES string of the molecule is C=CCS(=O)(=O)O.O=S(=O)(O)C=Cc1ccccc1. The fourth-order valence-electron chi connectivity index (χ4n) is 0.878. The molecule has 0 aliphatic heterocycles. The third-order valence-corrected chi connectivity index (χ3v) is 2.70. The molecule has 0 saturated carbocycles. The Morgan fingerprint density at radius 3 is 1.89 bits per heavy atom. The number of benzene rings is 1. The van der Waals surface area contributed by atoms with Crippen LogP contribution < -0.4 is 0 Å². The van der Waals surface area contributed by atoms with E-state index in [2.05, 4.69) is 6.58 Å². The molecule has 1 aromatic carbocycles. The van der Waals surface area contributed by atoms with Gasteiger partial charge in [-0.2, -0.15) is 16.8 Å². The molecule has 106 valence electrons. The van der Waals surface area contributed by atoms with Crippen molar-refractivity contribution in [1.82, 2.24) is 0 Å². The zero-order valence-corrected chi connectivity index (χ0v) is 11.5. The highest BCUT2D eigenvalue weighted by Gasteiger charge is 1.96. The van der Waals surface area contributed by atoms with Gasteiger partial charge in [0, 0.05) is 0 Å². The van der Waals surface area contributed by atoms with Crippen LogP contribution >= 0.6 is 0 Å². The van der Waals surface area contributed by atoms with Crippen molar-refractivity contribution in [3.8, 4) is 0 Å². The second kappa shape index (κ2) is 7.85. The van der Waals surface area contributed by atoms with Gasteiger partial charge in [-0.3, -0.25) is 9.11 Å². The highest BCUT2D eigenvalue weighted by atomic mass is 32.2. The van der Waals surface area contributed by atoms with Gasteiger partial charge >= 0.3 is 0 Å². The Hall–Kier alpha value is -1.48. The molecule has 0 bridgehead atoms. The van der Waals surface area contributed by atoms with Crippen molar-refractivity contribution in [2.75, 3.05) is 5.75 Å². The Morgan fingerprint density at radius 1 is 1.05 bits per heavy atom. The first-order valence-corrected chi connectivity index (χ1v) is 8.02. The normalized spacial score (nSPS) is 11.7. The van der Waals surface area contributed by atoms with E-state index in [-0.39, 0.29) is 5.75 Å². The smallest absolute Gasteiger partial charge is 0.285 e. The van der Waals surface area contributed by atoms with E-state index in [4.69, 9.17) is 9.11 Å². The van der Waals surface area contributed by atoms with Gasteiger partial charge in [0.2, 0.25) is 0 Å². The van der Waals surface area contributed by atoms with E-state index in [1.165, 1.54) is 6.08 Å². The summed E-state index contributed by atoms with van der Waals surface area (Å²) in [5, 5.41) is 0.752. The molecule has 0 aromatic heterocycles. The highest BCUT2D eigenvalue weighted by Crippen LogP contribution is 2.01. The van der Waals surface area contributed by atoms with Gasteiger partial charge in [-0.25, -0.2) is 0 Å². The molecule has 0 heterocycles. The summed E-state index contributed by atoms with van der Waals surface area (Å²) in [6, 6.07) is 8.86. The molecular formula is C11H14O6S2. The standard InChI is InChI=1S/C8H8O3S.C3H6O3S/c9-12(10,11)7-6-8-4-2-1-3-5-8;1-2-3-7(4,5)6/h1-7H,(H,9,10,11);2H,1,3H2,(H,4,5,6). The van der Waals surface area contributed by atoms with E-state index in [1.807, 2.05) is 6.07 Å². The van der Waals surface area contributed by atoms with E-state index in [9.17, 15) is 16.8 Å². The minimum absolute atomic E-state index is 0.368. The zero-order valence-electron chi connectivity index (χ0n) is 9.88. The van der Waals surface area contributed by atoms with Crippen molar-refractivity contribution in [3.05, 3.63) is 54.0 Å². The molecule has 19 heavy (non-hydrogen) atoms. The van der Waals surface area contributed by atoms with Crippen LogP contribution in [-0.4, -0.2) is 31.7 Å². The Bertz CT molecular complexity index is 614. The van der Waals surface area contributed by atoms with Crippen molar-refractivity contribution >= 4 is 26.3 Å². The second-order valence-corrected chi connectivity index (χ2v) is 6.06. The summed E-state index contributed by atoms with van der Waals surface area (Å²) < 4.78 is 56.3. The summed E-state index contributed by atoms with van der Waals surface area (Å²) in [7, 11) is -7.80. The third kappa shape index (κ3) is 12.8. The molecule has 0 unspecified atom stereocenters. The van der Waals surface area contributed by atoms with Crippen molar-refractivity contribution in [2.24, 2.45) is 0 Å². The fraction of sp³-hybridized carbons (Fsp3) is 0.0909. The molecule has 0 atom stereocenters. The average molecular weight is 306 g/mol. The summed E-state index contributed by atoms with van der Waals surface area (Å²) in [5.41, 5.74) is 0.732. The van der Waals surface area contributed by atoms with Crippen LogP contribution in [0.5, 0.6) is 0 Å². The molecule has 0 aliphatic rings. The number of rotatable bonds is 4. The first-order chi connectivity index (χ1) is 8.64. The molecule has 0 radical (unpaired) electrons. The lowest BCUT2D eigenvalue weighted by atomic mass is 10.2. The van der Waals surface area contributed by atoms with Crippen LogP contribution in [0.2, 0.25) is 0 Å². The van der Waals surface area contributed by atoms with Crippen LogP contribution in [-0.2, 0) is 20.2 Å². The van der Waals surface area contributed by atoms with Gasteiger partial charge in [-0.05, 0) is 11.6 Å². The largest absolute Gasteiger partial charge is 0.287 e. The topological polar surface area (TPSA) is 109 Å². The van der Waals surface area contributed by atoms with Crippen molar-refractivity contribution in [3.63, 3.8) is 0 Å². The van der Waals surface area contributed by atoms with E-state index in [0.29, 0.717) is 0 Å². The molecule has 0 amide bonds. The maximum Gasteiger partial charge on any atom is 0.287 e. The predicted molar refractivity (Wildman–Crippen MR) is 73.6 cm³/mol. The van der Waals surface area contributed by atoms with Gasteiger partial charge in [0.25, 0.3) is 20.2 Å². The van der Waals surface area contributed by atoms with Crippen molar-refractivity contribution in [1.29, 1.82) is 0 Å². The van der Waals surface area contributed by atoms with Crippen molar-refractivity contribution in [2.45, 2.75) is 0 Å². The lowest BCUT2D eigenvalue weighted by molar-refractivity contribution is 0.486. The quantitative estimate of drug-likeness (QED) is 0.646. The minimum atomic E-state index is -4.00. The van der Waals surface area contributed by atoms with Gasteiger partial charge in [0.15, 0.2) is 0 Å². The van der Waals surface area contributed by atoms with Gasteiger partial charge in [-0.1, -0.05) is 36.4 Å². The maximum atomic E-state index is 10.3. The van der Waals surface area contributed by atoms with Crippen LogP contribution in [0.25, 0.3) is 6.08 Å². The molecule has 2 N–H and O–H groups in total. The minimum Gasteiger partial charge on any atom is -0.285 e. The third-order valence-electron chi connectivity index (χ3n) is 1.56. The van der Waals surface area contributed by atoms with Crippen LogP contribution in [0, 0.1) is 0 Å². The Morgan fingerprint density at radius 2 is 1.58 bits per heavy atom. The average Bonchev–Trinajstić information content (AvgIpc) is 2.26. The Labute approximate surface area is 112 Å². The lowest BCUT2D eigenvalue weighted by Gasteiger charge is -1.89. The molecule has 0 saturated heterocycles. The molecule has 0 aliphatic carbocycles. The predicted octanol–water partition coefficient (Wildman–Crippen LogP) is 1.61. The van der Waals surface area contributed by atoms with E-state index < -0.39 is 20.2 Å². The van der Waals surface area contributed by atoms with Crippen LogP contribution in [0.4, 0.5) is 0 Å². The highest BCUT2D eigenvalue weighted by molar-refractivity contribution is 7.88. The molecule has 8 heteroatoms. The van der Waals surface area contributed by atoms with E-state index in [0.717, 1.165) is 17.0 Å². The zero-order chi connectivity index (χ0) is 14.9. The summed E-state index contributed by atoms with van der Waals surface area (Å²) in [6.45, 7) is 3.11. The van der Waals surface area contributed by atoms with Gasteiger partial charge in [-0.15, -0.1) is 6.58 Å². The molecule has 0 fully saturated rings. The summed E-state index contributed by atoms with van der Waals surface area (Å²) in [4.78, 5) is 0. The van der Waals surface area contributed by atoms with Gasteiger partial charge in [0.1, 0.15) is 0 Å². The summed E-state index contributed by atoms with van der Waals surface area (Å²) in [6.07, 6.45) is 2.45. The Kier molecular flexibility index (Phi) is 7.23. The molecule has 1 aromatic rings. The number of hydrogen-bond donors (Lipinski definition) is 2. The summed E-state index contributed by atoms with van der Waals surface area (Å²) in [5.74, 6) is -0.368. The molecule has 6 nitrogen and oxygen atoms in total.